The van der Waals surface area contributed by atoms with Crippen molar-refractivity contribution >= 4 is 12.0 Å². The van der Waals surface area contributed by atoms with Crippen LogP contribution in [0.1, 0.15) is 45.1 Å². The summed E-state index contributed by atoms with van der Waals surface area (Å²) in [6.07, 6.45) is 8.23. The highest BCUT2D eigenvalue weighted by molar-refractivity contribution is 5.92. The van der Waals surface area contributed by atoms with Crippen LogP contribution in [0.5, 0.6) is 11.5 Å². The number of carbonyl (C=O) groups excluding carboxylic acids is 1. The second-order valence-electron chi connectivity index (χ2n) is 5.74. The maximum atomic E-state index is 12.4. The molecule has 0 bridgehead atoms. The van der Waals surface area contributed by atoms with Gasteiger partial charge in [0, 0.05) is 18.7 Å². The molecule has 0 atom stereocenters. The SMILES string of the molecule is CCOc1ccc(/C=C/C(=O)N(CC)C2CCCC2)cc1OC. The standard InChI is InChI=1S/C19H27NO3/c1-4-20(16-8-6-7-9-16)19(21)13-11-15-10-12-17(23-5-2)18(14-15)22-3/h10-14,16H,4-9H2,1-3H3/b13-11+. The summed E-state index contributed by atoms with van der Waals surface area (Å²) in [5.74, 6) is 1.50. The van der Waals surface area contributed by atoms with E-state index in [2.05, 4.69) is 0 Å². The number of benzene rings is 1. The minimum absolute atomic E-state index is 0.0900. The maximum absolute atomic E-state index is 12.4. The first kappa shape index (κ1) is 17.4. The van der Waals surface area contributed by atoms with E-state index < -0.39 is 0 Å². The Bertz CT molecular complexity index is 548. The first-order valence-corrected chi connectivity index (χ1v) is 8.49. The smallest absolute Gasteiger partial charge is 0.246 e. The number of likely N-dealkylation sites (N-methyl/N-ethyl adjacent to an activating group) is 1. The average Bonchev–Trinajstić information content (AvgIpc) is 3.09. The van der Waals surface area contributed by atoms with Crippen molar-refractivity contribution in [3.05, 3.63) is 29.8 Å². The predicted octanol–water partition coefficient (Wildman–Crippen LogP) is 3.90. The zero-order chi connectivity index (χ0) is 16.7. The second-order valence-corrected chi connectivity index (χ2v) is 5.74. The number of hydrogen-bond donors (Lipinski definition) is 0. The van der Waals surface area contributed by atoms with Crippen LogP contribution in [0.4, 0.5) is 0 Å². The van der Waals surface area contributed by atoms with Crippen molar-refractivity contribution < 1.29 is 14.3 Å². The van der Waals surface area contributed by atoms with Gasteiger partial charge in [-0.3, -0.25) is 4.79 Å². The first-order chi connectivity index (χ1) is 11.2. The molecule has 0 radical (unpaired) electrons. The highest BCUT2D eigenvalue weighted by atomic mass is 16.5. The maximum Gasteiger partial charge on any atom is 0.246 e. The Hall–Kier alpha value is -1.97. The third-order valence-corrected chi connectivity index (χ3v) is 4.30. The number of hydrogen-bond acceptors (Lipinski definition) is 3. The summed E-state index contributed by atoms with van der Waals surface area (Å²) in [7, 11) is 1.62. The van der Waals surface area contributed by atoms with E-state index in [-0.39, 0.29) is 5.91 Å². The molecule has 0 aliphatic heterocycles. The zero-order valence-electron chi connectivity index (χ0n) is 14.4. The number of nitrogens with zero attached hydrogens (tertiary/aromatic N) is 1. The molecular weight excluding hydrogens is 290 g/mol. The molecule has 0 unspecified atom stereocenters. The fourth-order valence-corrected chi connectivity index (χ4v) is 3.14. The van der Waals surface area contributed by atoms with Crippen molar-refractivity contribution in [3.8, 4) is 11.5 Å². The Kier molecular flexibility index (Phi) is 6.51. The molecule has 1 aliphatic carbocycles. The van der Waals surface area contributed by atoms with Crippen LogP contribution < -0.4 is 9.47 Å². The van der Waals surface area contributed by atoms with Crippen LogP contribution in [0.25, 0.3) is 6.08 Å². The molecule has 0 spiro atoms. The highest BCUT2D eigenvalue weighted by Gasteiger charge is 2.23. The van der Waals surface area contributed by atoms with Crippen LogP contribution >= 0.6 is 0 Å². The number of carbonyl (C=O) groups is 1. The second kappa shape index (κ2) is 8.61. The molecular formula is C19H27NO3. The molecule has 23 heavy (non-hydrogen) atoms. The van der Waals surface area contributed by atoms with Gasteiger partial charge in [-0.15, -0.1) is 0 Å². The Morgan fingerprint density at radius 1 is 1.26 bits per heavy atom. The summed E-state index contributed by atoms with van der Waals surface area (Å²) >= 11 is 0. The lowest BCUT2D eigenvalue weighted by molar-refractivity contribution is -0.127. The molecule has 2 rings (SSSR count). The molecule has 1 aromatic rings. The van der Waals surface area contributed by atoms with Crippen LogP contribution in [-0.4, -0.2) is 37.1 Å². The Morgan fingerprint density at radius 3 is 2.61 bits per heavy atom. The van der Waals surface area contributed by atoms with Gasteiger partial charge in [0.05, 0.1) is 13.7 Å². The van der Waals surface area contributed by atoms with Crippen molar-refractivity contribution in [3.63, 3.8) is 0 Å². The van der Waals surface area contributed by atoms with Gasteiger partial charge in [0.2, 0.25) is 5.91 Å². The van der Waals surface area contributed by atoms with E-state index >= 15 is 0 Å². The molecule has 1 aromatic carbocycles. The van der Waals surface area contributed by atoms with E-state index in [9.17, 15) is 4.79 Å². The lowest BCUT2D eigenvalue weighted by atomic mass is 10.1. The number of rotatable bonds is 7. The summed E-state index contributed by atoms with van der Waals surface area (Å²) in [4.78, 5) is 14.4. The molecule has 126 valence electrons. The minimum Gasteiger partial charge on any atom is -0.493 e. The molecule has 0 saturated heterocycles. The van der Waals surface area contributed by atoms with Crippen molar-refractivity contribution in [2.45, 2.75) is 45.6 Å². The van der Waals surface area contributed by atoms with Crippen LogP contribution in [0.3, 0.4) is 0 Å². The average molecular weight is 317 g/mol. The molecule has 1 fully saturated rings. The fraction of sp³-hybridized carbons (Fsp3) is 0.526. The minimum atomic E-state index is 0.0900. The van der Waals surface area contributed by atoms with Crippen LogP contribution in [0.15, 0.2) is 24.3 Å². The van der Waals surface area contributed by atoms with E-state index in [0.29, 0.717) is 18.4 Å². The van der Waals surface area contributed by atoms with Gasteiger partial charge >= 0.3 is 0 Å². The Balaban J connectivity index is 2.07. The van der Waals surface area contributed by atoms with E-state index in [1.54, 1.807) is 13.2 Å². The van der Waals surface area contributed by atoms with Gasteiger partial charge in [-0.1, -0.05) is 18.9 Å². The summed E-state index contributed by atoms with van der Waals surface area (Å²) in [5.41, 5.74) is 0.932. The van der Waals surface area contributed by atoms with Gasteiger partial charge in [-0.2, -0.15) is 0 Å². The molecule has 1 aliphatic rings. The largest absolute Gasteiger partial charge is 0.493 e. The Morgan fingerprint density at radius 2 is 2.00 bits per heavy atom. The topological polar surface area (TPSA) is 38.8 Å². The first-order valence-electron chi connectivity index (χ1n) is 8.49. The van der Waals surface area contributed by atoms with E-state index in [1.807, 2.05) is 43.0 Å². The summed E-state index contributed by atoms with van der Waals surface area (Å²) in [6, 6.07) is 6.11. The van der Waals surface area contributed by atoms with Gasteiger partial charge in [-0.25, -0.2) is 0 Å². The number of ether oxygens (including phenoxy) is 2. The molecule has 0 N–H and O–H groups in total. The van der Waals surface area contributed by atoms with Crippen LogP contribution in [0, 0.1) is 0 Å². The molecule has 4 nitrogen and oxygen atoms in total. The molecule has 0 heterocycles. The lowest BCUT2D eigenvalue weighted by Gasteiger charge is -2.26. The number of methoxy groups -OCH3 is 1. The lowest BCUT2D eigenvalue weighted by Crippen LogP contribution is -2.37. The number of amides is 1. The van der Waals surface area contributed by atoms with E-state index in [0.717, 1.165) is 30.7 Å². The summed E-state index contributed by atoms with van der Waals surface area (Å²) in [6.45, 7) is 5.34. The van der Waals surface area contributed by atoms with Gasteiger partial charge in [0.15, 0.2) is 11.5 Å². The van der Waals surface area contributed by atoms with Gasteiger partial charge in [0.1, 0.15) is 0 Å². The van der Waals surface area contributed by atoms with Crippen molar-refractivity contribution in [2.75, 3.05) is 20.3 Å². The van der Waals surface area contributed by atoms with Crippen molar-refractivity contribution in [2.24, 2.45) is 0 Å². The van der Waals surface area contributed by atoms with Crippen LogP contribution in [0.2, 0.25) is 0 Å². The van der Waals surface area contributed by atoms with Crippen molar-refractivity contribution in [1.82, 2.24) is 4.90 Å². The third kappa shape index (κ3) is 4.50. The van der Waals surface area contributed by atoms with E-state index in [1.165, 1.54) is 12.8 Å². The van der Waals surface area contributed by atoms with Gasteiger partial charge in [0.25, 0.3) is 0 Å². The molecule has 1 saturated carbocycles. The molecule has 0 aromatic heterocycles. The quantitative estimate of drug-likeness (QED) is 0.716. The highest BCUT2D eigenvalue weighted by Crippen LogP contribution is 2.28. The monoisotopic (exact) mass is 317 g/mol. The zero-order valence-corrected chi connectivity index (χ0v) is 14.4. The van der Waals surface area contributed by atoms with Crippen LogP contribution in [-0.2, 0) is 4.79 Å². The normalized spacial score (nSPS) is 15.1. The summed E-state index contributed by atoms with van der Waals surface area (Å²) < 4.78 is 10.8. The predicted molar refractivity (Wildman–Crippen MR) is 92.8 cm³/mol. The molecule has 1 amide bonds. The van der Waals surface area contributed by atoms with E-state index in [4.69, 9.17) is 9.47 Å². The van der Waals surface area contributed by atoms with Gasteiger partial charge < -0.3 is 14.4 Å². The third-order valence-electron chi connectivity index (χ3n) is 4.30. The van der Waals surface area contributed by atoms with Gasteiger partial charge in [-0.05, 0) is 50.5 Å². The Labute approximate surface area is 139 Å². The fourth-order valence-electron chi connectivity index (χ4n) is 3.14. The molecule has 4 heteroatoms. The summed E-state index contributed by atoms with van der Waals surface area (Å²) in [5, 5.41) is 0. The van der Waals surface area contributed by atoms with Crippen molar-refractivity contribution in [1.29, 1.82) is 0 Å².